The minimum absolute atomic E-state index is 0.0687. The van der Waals surface area contributed by atoms with Crippen molar-refractivity contribution in [3.05, 3.63) is 51.2 Å². The average molecular weight is 269 g/mol. The highest BCUT2D eigenvalue weighted by Crippen LogP contribution is 2.21. The lowest BCUT2D eigenvalue weighted by Gasteiger charge is -2.06. The van der Waals surface area contributed by atoms with Crippen molar-refractivity contribution in [3.63, 3.8) is 0 Å². The zero-order valence-corrected chi connectivity index (χ0v) is 11.0. The number of rotatable bonds is 3. The lowest BCUT2D eigenvalue weighted by Crippen LogP contribution is -2.15. The summed E-state index contributed by atoms with van der Waals surface area (Å²) in [5.74, 6) is -0.116. The van der Waals surface area contributed by atoms with Crippen molar-refractivity contribution < 1.29 is 4.39 Å². The maximum Gasteiger partial charge on any atom is 0.271 e. The molecule has 0 spiro atoms. The molecule has 0 radical (unpaired) electrons. The first kappa shape index (κ1) is 12.9. The van der Waals surface area contributed by atoms with E-state index in [1.807, 2.05) is 13.8 Å². The minimum Gasteiger partial charge on any atom is -0.295 e. The van der Waals surface area contributed by atoms with E-state index in [2.05, 4.69) is 5.10 Å². The largest absolute Gasteiger partial charge is 0.295 e. The third-order valence-corrected chi connectivity index (χ3v) is 2.87. The second kappa shape index (κ2) is 4.98. The first-order valence-electron chi connectivity index (χ1n) is 5.74. The molecule has 0 bridgehead atoms. The quantitative estimate of drug-likeness (QED) is 0.912. The van der Waals surface area contributed by atoms with Crippen LogP contribution in [0.4, 0.5) is 4.39 Å². The summed E-state index contributed by atoms with van der Waals surface area (Å²) in [6.07, 6.45) is 0.730. The highest BCUT2D eigenvalue weighted by Gasteiger charge is 2.13. The number of aromatic amines is 1. The Kier molecular flexibility index (Phi) is 3.57. The van der Waals surface area contributed by atoms with Gasteiger partial charge in [-0.3, -0.25) is 9.89 Å². The third kappa shape index (κ3) is 2.48. The van der Waals surface area contributed by atoms with Crippen LogP contribution in [0.25, 0.3) is 5.69 Å². The van der Waals surface area contributed by atoms with Crippen LogP contribution in [0.5, 0.6) is 0 Å². The summed E-state index contributed by atoms with van der Waals surface area (Å²) in [5, 5.41) is 3.09. The van der Waals surface area contributed by atoms with E-state index in [0.717, 1.165) is 16.8 Å². The van der Waals surface area contributed by atoms with E-state index in [9.17, 15) is 9.18 Å². The molecule has 1 aromatic carbocycles. The highest BCUT2D eigenvalue weighted by molar-refractivity contribution is 6.32. The molecule has 0 aliphatic rings. The van der Waals surface area contributed by atoms with Crippen molar-refractivity contribution >= 4 is 11.6 Å². The van der Waals surface area contributed by atoms with Crippen molar-refractivity contribution in [2.75, 3.05) is 0 Å². The van der Waals surface area contributed by atoms with Gasteiger partial charge >= 0.3 is 0 Å². The zero-order chi connectivity index (χ0) is 13.3. The number of aromatic nitrogens is 2. The molecule has 1 aromatic heterocycles. The molecule has 96 valence electrons. The first-order valence-corrected chi connectivity index (χ1v) is 6.12. The van der Waals surface area contributed by atoms with Crippen molar-refractivity contribution in [1.82, 2.24) is 9.78 Å². The van der Waals surface area contributed by atoms with Gasteiger partial charge < -0.3 is 0 Å². The molecule has 0 aliphatic carbocycles. The van der Waals surface area contributed by atoms with E-state index in [0.29, 0.717) is 5.92 Å². The first-order chi connectivity index (χ1) is 8.49. The third-order valence-electron chi connectivity index (χ3n) is 2.56. The fraction of sp³-hybridized carbons (Fsp3) is 0.308. The smallest absolute Gasteiger partial charge is 0.271 e. The summed E-state index contributed by atoms with van der Waals surface area (Å²) in [4.78, 5) is 11.8. The molecule has 1 heterocycles. The van der Waals surface area contributed by atoms with Crippen LogP contribution in [0.1, 0.15) is 19.5 Å². The molecule has 1 N–H and O–H groups in total. The van der Waals surface area contributed by atoms with Gasteiger partial charge in [0.1, 0.15) is 11.5 Å². The lowest BCUT2D eigenvalue weighted by atomic mass is 10.1. The van der Waals surface area contributed by atoms with E-state index in [1.54, 1.807) is 6.07 Å². The molecule has 2 aromatic rings. The molecule has 0 aliphatic heterocycles. The summed E-state index contributed by atoms with van der Waals surface area (Å²) in [6.45, 7) is 4.09. The van der Waals surface area contributed by atoms with Gasteiger partial charge in [0.2, 0.25) is 0 Å². The molecular formula is C13H14ClFN2O. The van der Waals surface area contributed by atoms with Gasteiger partial charge in [0.15, 0.2) is 0 Å². The van der Waals surface area contributed by atoms with Crippen molar-refractivity contribution in [1.29, 1.82) is 0 Å². The van der Waals surface area contributed by atoms with Crippen LogP contribution < -0.4 is 5.56 Å². The number of H-pyrrole nitrogens is 1. The van der Waals surface area contributed by atoms with Crippen molar-refractivity contribution in [2.24, 2.45) is 5.92 Å². The van der Waals surface area contributed by atoms with Gasteiger partial charge in [-0.2, -0.15) is 0 Å². The summed E-state index contributed by atoms with van der Waals surface area (Å²) >= 11 is 5.93. The Morgan fingerprint density at radius 1 is 1.44 bits per heavy atom. The van der Waals surface area contributed by atoms with Gasteiger partial charge in [-0.05, 0) is 24.5 Å². The van der Waals surface area contributed by atoms with Crippen LogP contribution in [0.2, 0.25) is 5.02 Å². The predicted molar refractivity (Wildman–Crippen MR) is 69.9 cm³/mol. The van der Waals surface area contributed by atoms with Crippen molar-refractivity contribution in [2.45, 2.75) is 20.3 Å². The number of nitrogens with zero attached hydrogens (tertiary/aromatic N) is 1. The molecule has 2 rings (SSSR count). The molecule has 0 saturated carbocycles. The van der Waals surface area contributed by atoms with Gasteiger partial charge in [0, 0.05) is 11.8 Å². The molecule has 5 heteroatoms. The molecule has 3 nitrogen and oxygen atoms in total. The Labute approximate surface area is 109 Å². The zero-order valence-electron chi connectivity index (χ0n) is 10.2. The second-order valence-electron chi connectivity index (χ2n) is 4.62. The number of hydrogen-bond acceptors (Lipinski definition) is 1. The standard InChI is InChI=1S/C13H14ClFN2O/c1-8(2)6-9-7-12(18)17(16-9)13-10(14)4-3-5-11(13)15/h3-5,7-8,16H,6H2,1-2H3. The summed E-state index contributed by atoms with van der Waals surface area (Å²) in [7, 11) is 0. The molecule has 0 atom stereocenters. The summed E-state index contributed by atoms with van der Waals surface area (Å²) < 4.78 is 14.9. The Balaban J connectivity index is 2.51. The van der Waals surface area contributed by atoms with Gasteiger partial charge in [0.05, 0.1) is 5.02 Å². The Morgan fingerprint density at radius 3 is 2.78 bits per heavy atom. The number of hydrogen-bond donors (Lipinski definition) is 1. The minimum atomic E-state index is -0.525. The number of benzene rings is 1. The van der Waals surface area contributed by atoms with E-state index < -0.39 is 5.82 Å². The van der Waals surface area contributed by atoms with Gasteiger partial charge in [-0.25, -0.2) is 9.07 Å². The maximum atomic E-state index is 13.7. The predicted octanol–water partition coefficient (Wildman–Crippen LogP) is 3.16. The average Bonchev–Trinajstić information content (AvgIpc) is 2.58. The summed E-state index contributed by atoms with van der Waals surface area (Å²) in [5.41, 5.74) is 0.533. The highest BCUT2D eigenvalue weighted by atomic mass is 35.5. The van der Waals surface area contributed by atoms with Gasteiger partial charge in [-0.15, -0.1) is 0 Å². The second-order valence-corrected chi connectivity index (χ2v) is 5.03. The fourth-order valence-electron chi connectivity index (χ4n) is 1.86. The summed E-state index contributed by atoms with van der Waals surface area (Å²) in [6, 6.07) is 5.80. The van der Waals surface area contributed by atoms with Crippen LogP contribution in [0, 0.1) is 11.7 Å². The Morgan fingerprint density at radius 2 is 2.17 bits per heavy atom. The van der Waals surface area contributed by atoms with E-state index in [-0.39, 0.29) is 16.3 Å². The molecular weight excluding hydrogens is 255 g/mol. The normalized spacial score (nSPS) is 11.2. The van der Waals surface area contributed by atoms with Gasteiger partial charge in [-0.1, -0.05) is 31.5 Å². The molecule has 0 saturated heterocycles. The SMILES string of the molecule is CC(C)Cc1cc(=O)n(-c2c(F)cccc2Cl)[nH]1. The monoisotopic (exact) mass is 268 g/mol. The molecule has 0 unspecified atom stereocenters. The Bertz CT molecular complexity index is 595. The fourth-order valence-corrected chi connectivity index (χ4v) is 2.11. The van der Waals surface area contributed by atoms with Crippen LogP contribution in [0.3, 0.4) is 0 Å². The van der Waals surface area contributed by atoms with E-state index in [4.69, 9.17) is 11.6 Å². The lowest BCUT2D eigenvalue weighted by molar-refractivity contribution is 0.600. The van der Waals surface area contributed by atoms with Crippen LogP contribution in [-0.2, 0) is 6.42 Å². The maximum absolute atomic E-state index is 13.7. The van der Waals surface area contributed by atoms with Crippen LogP contribution >= 0.6 is 11.6 Å². The molecule has 18 heavy (non-hydrogen) atoms. The van der Waals surface area contributed by atoms with Crippen LogP contribution in [-0.4, -0.2) is 9.78 Å². The number of nitrogens with one attached hydrogen (secondary N) is 1. The topological polar surface area (TPSA) is 37.8 Å². The Hall–Kier alpha value is -1.55. The number of halogens is 2. The molecule has 0 fully saturated rings. The van der Waals surface area contributed by atoms with E-state index in [1.165, 1.54) is 18.2 Å². The van der Waals surface area contributed by atoms with Gasteiger partial charge in [0.25, 0.3) is 5.56 Å². The van der Waals surface area contributed by atoms with Crippen molar-refractivity contribution in [3.8, 4) is 5.69 Å². The number of para-hydroxylation sites is 1. The molecule has 0 amide bonds. The van der Waals surface area contributed by atoms with Crippen LogP contribution in [0.15, 0.2) is 29.1 Å². The van der Waals surface area contributed by atoms with E-state index >= 15 is 0 Å².